The molecule has 12 heavy (non-hydrogen) atoms. The molecule has 2 N–H and O–H groups in total. The fourth-order valence-electron chi connectivity index (χ4n) is 0.832. The summed E-state index contributed by atoms with van der Waals surface area (Å²) in [6, 6.07) is 4.62. The van der Waals surface area contributed by atoms with Crippen LogP contribution in [0.4, 0.5) is 0 Å². The number of hydrogen-bond acceptors (Lipinski definition) is 2. The number of para-hydroxylation sites is 1. The Morgan fingerprint density at radius 3 is 2.42 bits per heavy atom. The molecule has 3 nitrogen and oxygen atoms in total. The summed E-state index contributed by atoms with van der Waals surface area (Å²) in [5.41, 5.74) is 0.523. The maximum absolute atomic E-state index is 10.4. The van der Waals surface area contributed by atoms with Gasteiger partial charge in [0, 0.05) is 17.1 Å². The molecule has 0 amide bonds. The molecule has 0 aliphatic rings. The molecule has 0 aliphatic heterocycles. The van der Waals surface area contributed by atoms with Gasteiger partial charge >= 0.3 is 5.97 Å². The number of aryl methyl sites for hydroxylation is 1. The summed E-state index contributed by atoms with van der Waals surface area (Å²) >= 11 is 0. The van der Waals surface area contributed by atoms with E-state index in [0.29, 0.717) is 5.56 Å². The van der Waals surface area contributed by atoms with Crippen LogP contribution in [-0.2, 0) is 17.1 Å². The van der Waals surface area contributed by atoms with E-state index >= 15 is 0 Å². The molecular formula is C8H8CuO3. The van der Waals surface area contributed by atoms with Gasteiger partial charge in [0.15, 0.2) is 0 Å². The topological polar surface area (TPSA) is 57.5 Å². The molecule has 0 heterocycles. The zero-order valence-electron chi connectivity index (χ0n) is 6.34. The number of phenols is 1. The molecule has 0 spiro atoms. The number of carbonyl (C=O) groups is 1. The van der Waals surface area contributed by atoms with Gasteiger partial charge in [0.05, 0.1) is 0 Å². The van der Waals surface area contributed by atoms with Crippen molar-refractivity contribution in [3.05, 3.63) is 29.3 Å². The molecule has 69 valence electrons. The van der Waals surface area contributed by atoms with E-state index < -0.39 is 5.97 Å². The Labute approximate surface area is 80.5 Å². The average molecular weight is 216 g/mol. The van der Waals surface area contributed by atoms with Gasteiger partial charge in [-0.3, -0.25) is 0 Å². The molecule has 0 unspecified atom stereocenters. The van der Waals surface area contributed by atoms with E-state index in [9.17, 15) is 9.90 Å². The predicted molar refractivity (Wildman–Crippen MR) is 39.8 cm³/mol. The minimum Gasteiger partial charge on any atom is -0.507 e. The van der Waals surface area contributed by atoms with Crippen LogP contribution >= 0.6 is 0 Å². The number of carboxylic acid groups (broad SMARTS) is 1. The predicted octanol–water partition coefficient (Wildman–Crippen LogP) is 1.40. The largest absolute Gasteiger partial charge is 0.507 e. The van der Waals surface area contributed by atoms with E-state index in [2.05, 4.69) is 0 Å². The van der Waals surface area contributed by atoms with Crippen molar-refractivity contribution in [2.75, 3.05) is 0 Å². The third kappa shape index (κ3) is 2.00. The molecule has 0 saturated carbocycles. The second kappa shape index (κ2) is 4.14. The summed E-state index contributed by atoms with van der Waals surface area (Å²) in [5.74, 6) is -1.26. The third-order valence-corrected chi connectivity index (χ3v) is 1.47. The van der Waals surface area contributed by atoms with E-state index in [0.717, 1.165) is 0 Å². The minimum absolute atomic E-state index is 0. The second-order valence-corrected chi connectivity index (χ2v) is 2.28. The van der Waals surface area contributed by atoms with Crippen molar-refractivity contribution >= 4 is 5.97 Å². The van der Waals surface area contributed by atoms with Crippen molar-refractivity contribution in [1.82, 2.24) is 0 Å². The fraction of sp³-hybridized carbons (Fsp3) is 0.125. The summed E-state index contributed by atoms with van der Waals surface area (Å²) in [7, 11) is 0. The van der Waals surface area contributed by atoms with Crippen LogP contribution in [0.25, 0.3) is 0 Å². The number of rotatable bonds is 1. The van der Waals surface area contributed by atoms with E-state index in [1.165, 1.54) is 6.07 Å². The zero-order chi connectivity index (χ0) is 8.43. The molecule has 0 atom stereocenters. The summed E-state index contributed by atoms with van der Waals surface area (Å²) < 4.78 is 0. The van der Waals surface area contributed by atoms with Crippen LogP contribution in [-0.4, -0.2) is 16.2 Å². The molecule has 0 aromatic heterocycles. The third-order valence-electron chi connectivity index (χ3n) is 1.47. The van der Waals surface area contributed by atoms with Crippen molar-refractivity contribution in [2.24, 2.45) is 0 Å². The van der Waals surface area contributed by atoms with Gasteiger partial charge < -0.3 is 10.2 Å². The maximum atomic E-state index is 10.4. The average Bonchev–Trinajstić information content (AvgIpc) is 1.94. The van der Waals surface area contributed by atoms with Crippen LogP contribution in [0.2, 0.25) is 0 Å². The van der Waals surface area contributed by atoms with Gasteiger partial charge in [-0.15, -0.1) is 0 Å². The Morgan fingerprint density at radius 1 is 1.42 bits per heavy atom. The van der Waals surface area contributed by atoms with Crippen molar-refractivity contribution < 1.29 is 32.1 Å². The SMILES string of the molecule is Cc1cccc(C(=O)O)c1O.[Cu]. The number of benzene rings is 1. The standard InChI is InChI=1S/C8H8O3.Cu/c1-5-3-2-4-6(7(5)9)8(10)11;/h2-4,9H,1H3,(H,10,11);. The first kappa shape index (κ1) is 11.0. The molecule has 0 aliphatic carbocycles. The zero-order valence-corrected chi connectivity index (χ0v) is 7.28. The minimum atomic E-state index is -1.11. The summed E-state index contributed by atoms with van der Waals surface area (Å²) in [5, 5.41) is 17.7. The molecule has 1 rings (SSSR count). The Hall–Kier alpha value is -0.991. The number of aromatic hydroxyl groups is 1. The monoisotopic (exact) mass is 215 g/mol. The number of carboxylic acids is 1. The van der Waals surface area contributed by atoms with Crippen LogP contribution in [0.1, 0.15) is 15.9 Å². The molecule has 1 aromatic rings. The fourth-order valence-corrected chi connectivity index (χ4v) is 0.832. The normalized spacial score (nSPS) is 8.75. The Bertz CT molecular complexity index is 296. The van der Waals surface area contributed by atoms with E-state index in [1.54, 1.807) is 19.1 Å². The van der Waals surface area contributed by atoms with Gasteiger partial charge in [0.2, 0.25) is 0 Å². The van der Waals surface area contributed by atoms with Gasteiger partial charge in [-0.1, -0.05) is 12.1 Å². The molecular weight excluding hydrogens is 208 g/mol. The van der Waals surface area contributed by atoms with Crippen LogP contribution in [0.5, 0.6) is 5.75 Å². The summed E-state index contributed by atoms with van der Waals surface area (Å²) in [6.07, 6.45) is 0. The first-order chi connectivity index (χ1) is 5.13. The number of hydrogen-bond donors (Lipinski definition) is 2. The molecule has 0 fully saturated rings. The smallest absolute Gasteiger partial charge is 0.339 e. The van der Waals surface area contributed by atoms with Crippen molar-refractivity contribution in [3.63, 3.8) is 0 Å². The van der Waals surface area contributed by atoms with Crippen LogP contribution < -0.4 is 0 Å². The quantitative estimate of drug-likeness (QED) is 0.697. The molecule has 0 saturated heterocycles. The van der Waals surface area contributed by atoms with Crippen molar-refractivity contribution in [3.8, 4) is 5.75 Å². The Morgan fingerprint density at radius 2 is 2.00 bits per heavy atom. The molecule has 4 heteroatoms. The summed E-state index contributed by atoms with van der Waals surface area (Å²) in [4.78, 5) is 10.4. The van der Waals surface area contributed by atoms with Crippen LogP contribution in [0, 0.1) is 6.92 Å². The second-order valence-electron chi connectivity index (χ2n) is 2.28. The van der Waals surface area contributed by atoms with Gasteiger partial charge in [0.1, 0.15) is 11.3 Å². The van der Waals surface area contributed by atoms with Crippen LogP contribution in [0.15, 0.2) is 18.2 Å². The summed E-state index contributed by atoms with van der Waals surface area (Å²) in [6.45, 7) is 1.65. The van der Waals surface area contributed by atoms with Gasteiger partial charge in [-0.25, -0.2) is 4.79 Å². The first-order valence-electron chi connectivity index (χ1n) is 3.15. The first-order valence-corrected chi connectivity index (χ1v) is 3.15. The van der Waals surface area contributed by atoms with Crippen molar-refractivity contribution in [2.45, 2.75) is 6.92 Å². The van der Waals surface area contributed by atoms with Gasteiger partial charge in [-0.05, 0) is 18.6 Å². The molecule has 0 bridgehead atoms. The molecule has 1 aromatic carbocycles. The molecule has 1 radical (unpaired) electrons. The van der Waals surface area contributed by atoms with E-state index in [-0.39, 0.29) is 28.4 Å². The van der Waals surface area contributed by atoms with Gasteiger partial charge in [-0.2, -0.15) is 0 Å². The van der Waals surface area contributed by atoms with Gasteiger partial charge in [0.25, 0.3) is 0 Å². The number of aromatic carboxylic acids is 1. The Balaban J connectivity index is 0.00000121. The van der Waals surface area contributed by atoms with Crippen LogP contribution in [0.3, 0.4) is 0 Å². The maximum Gasteiger partial charge on any atom is 0.339 e. The van der Waals surface area contributed by atoms with E-state index in [1.807, 2.05) is 0 Å². The Kier molecular flexibility index (Phi) is 3.80. The van der Waals surface area contributed by atoms with Crippen molar-refractivity contribution in [1.29, 1.82) is 0 Å². The van der Waals surface area contributed by atoms with E-state index in [4.69, 9.17) is 5.11 Å².